The standard InChI is InChI=1S/C15H14N4O2/c1-8-2-4-11(16)10(6-8)14(20)17-9-3-5-12-13(7-9)19-15(21)18-12/h2-7H,16H2,1H3,(H,17,20)(H2,18,19,21). The van der Waals surface area contributed by atoms with Crippen LogP contribution in [0.25, 0.3) is 11.0 Å². The molecule has 0 saturated carbocycles. The van der Waals surface area contributed by atoms with Crippen LogP contribution in [-0.4, -0.2) is 15.9 Å². The van der Waals surface area contributed by atoms with Crippen LogP contribution >= 0.6 is 0 Å². The fourth-order valence-corrected chi connectivity index (χ4v) is 2.18. The number of hydrogen-bond donors (Lipinski definition) is 4. The van der Waals surface area contributed by atoms with Crippen LogP contribution in [0, 0.1) is 6.92 Å². The molecule has 0 atom stereocenters. The van der Waals surface area contributed by atoms with Crippen molar-refractivity contribution >= 4 is 28.3 Å². The number of carbonyl (C=O) groups is 1. The maximum Gasteiger partial charge on any atom is 0.323 e. The van der Waals surface area contributed by atoms with Gasteiger partial charge in [-0.3, -0.25) is 4.79 Å². The normalized spacial score (nSPS) is 10.7. The second-order valence-electron chi connectivity index (χ2n) is 4.88. The maximum atomic E-state index is 12.3. The summed E-state index contributed by atoms with van der Waals surface area (Å²) in [6, 6.07) is 10.4. The second kappa shape index (κ2) is 4.82. The third-order valence-corrected chi connectivity index (χ3v) is 3.23. The zero-order valence-corrected chi connectivity index (χ0v) is 11.4. The number of hydrogen-bond acceptors (Lipinski definition) is 3. The molecule has 0 bridgehead atoms. The molecule has 1 heterocycles. The largest absolute Gasteiger partial charge is 0.398 e. The van der Waals surface area contributed by atoms with Crippen molar-refractivity contribution in [3.8, 4) is 0 Å². The van der Waals surface area contributed by atoms with Crippen LogP contribution < -0.4 is 16.7 Å². The molecule has 0 aliphatic heterocycles. The van der Waals surface area contributed by atoms with Crippen molar-refractivity contribution in [3.63, 3.8) is 0 Å². The molecule has 0 radical (unpaired) electrons. The number of carbonyl (C=O) groups excluding carboxylic acids is 1. The number of nitrogen functional groups attached to an aromatic ring is 1. The lowest BCUT2D eigenvalue weighted by Gasteiger charge is -2.08. The van der Waals surface area contributed by atoms with E-state index in [4.69, 9.17) is 5.73 Å². The first kappa shape index (κ1) is 13.0. The Morgan fingerprint density at radius 2 is 1.86 bits per heavy atom. The number of nitrogens with two attached hydrogens (primary N) is 1. The van der Waals surface area contributed by atoms with E-state index in [-0.39, 0.29) is 11.6 Å². The predicted molar refractivity (Wildman–Crippen MR) is 82.5 cm³/mol. The van der Waals surface area contributed by atoms with E-state index in [9.17, 15) is 9.59 Å². The first-order valence-corrected chi connectivity index (χ1v) is 6.42. The van der Waals surface area contributed by atoms with Gasteiger partial charge in [0.05, 0.1) is 16.6 Å². The monoisotopic (exact) mass is 282 g/mol. The average molecular weight is 282 g/mol. The molecule has 2 aromatic carbocycles. The molecule has 0 spiro atoms. The first-order chi connectivity index (χ1) is 10.0. The molecule has 5 N–H and O–H groups in total. The Morgan fingerprint density at radius 1 is 1.10 bits per heavy atom. The Bertz CT molecular complexity index is 892. The first-order valence-electron chi connectivity index (χ1n) is 6.42. The van der Waals surface area contributed by atoms with Crippen LogP contribution in [0.2, 0.25) is 0 Å². The molecular formula is C15H14N4O2. The molecule has 0 aliphatic rings. The minimum Gasteiger partial charge on any atom is -0.398 e. The van der Waals surface area contributed by atoms with Gasteiger partial charge in [-0.25, -0.2) is 4.79 Å². The summed E-state index contributed by atoms with van der Waals surface area (Å²) in [5, 5.41) is 2.77. The van der Waals surface area contributed by atoms with Gasteiger partial charge in [0, 0.05) is 11.4 Å². The Morgan fingerprint density at radius 3 is 2.67 bits per heavy atom. The van der Waals surface area contributed by atoms with Crippen LogP contribution in [0.5, 0.6) is 0 Å². The highest BCUT2D eigenvalue weighted by Crippen LogP contribution is 2.18. The molecule has 3 rings (SSSR count). The number of anilines is 2. The zero-order valence-electron chi connectivity index (χ0n) is 11.4. The van der Waals surface area contributed by atoms with Gasteiger partial charge in [0.2, 0.25) is 0 Å². The summed E-state index contributed by atoms with van der Waals surface area (Å²) in [6.07, 6.45) is 0. The predicted octanol–water partition coefficient (Wildman–Crippen LogP) is 2.00. The number of rotatable bonds is 2. The van der Waals surface area contributed by atoms with Crippen molar-refractivity contribution in [2.75, 3.05) is 11.1 Å². The van der Waals surface area contributed by atoms with Crippen LogP contribution in [0.4, 0.5) is 11.4 Å². The van der Waals surface area contributed by atoms with E-state index in [0.29, 0.717) is 28.0 Å². The minimum absolute atomic E-state index is 0.281. The number of aromatic amines is 2. The van der Waals surface area contributed by atoms with Gasteiger partial charge in [0.1, 0.15) is 0 Å². The summed E-state index contributed by atoms with van der Waals surface area (Å²) >= 11 is 0. The van der Waals surface area contributed by atoms with Gasteiger partial charge in [-0.1, -0.05) is 11.6 Å². The van der Waals surface area contributed by atoms with Crippen LogP contribution in [0.3, 0.4) is 0 Å². The van der Waals surface area contributed by atoms with Gasteiger partial charge >= 0.3 is 5.69 Å². The van der Waals surface area contributed by atoms with E-state index in [2.05, 4.69) is 15.3 Å². The molecule has 3 aromatic rings. The van der Waals surface area contributed by atoms with Crippen molar-refractivity contribution in [1.82, 2.24) is 9.97 Å². The number of imidazole rings is 1. The number of aryl methyl sites for hydroxylation is 1. The molecule has 6 nitrogen and oxygen atoms in total. The number of amides is 1. The van der Waals surface area contributed by atoms with Gasteiger partial charge < -0.3 is 21.0 Å². The zero-order chi connectivity index (χ0) is 15.0. The summed E-state index contributed by atoms with van der Waals surface area (Å²) in [5.41, 5.74) is 9.26. The lowest BCUT2D eigenvalue weighted by atomic mass is 10.1. The number of aromatic nitrogens is 2. The summed E-state index contributed by atoms with van der Waals surface area (Å²) < 4.78 is 0. The van der Waals surface area contributed by atoms with Crippen molar-refractivity contribution in [2.45, 2.75) is 6.92 Å². The summed E-state index contributed by atoms with van der Waals surface area (Å²) in [5.74, 6) is -0.284. The Balaban J connectivity index is 1.92. The number of benzene rings is 2. The lowest BCUT2D eigenvalue weighted by molar-refractivity contribution is 0.102. The van der Waals surface area contributed by atoms with Gasteiger partial charge in [0.15, 0.2) is 0 Å². The van der Waals surface area contributed by atoms with Crippen molar-refractivity contribution in [1.29, 1.82) is 0 Å². The fourth-order valence-electron chi connectivity index (χ4n) is 2.18. The van der Waals surface area contributed by atoms with Crippen LogP contribution in [-0.2, 0) is 0 Å². The highest BCUT2D eigenvalue weighted by atomic mass is 16.2. The molecule has 1 aromatic heterocycles. The summed E-state index contributed by atoms with van der Waals surface area (Å²) in [4.78, 5) is 28.8. The van der Waals surface area contributed by atoms with Crippen LogP contribution in [0.15, 0.2) is 41.2 Å². The van der Waals surface area contributed by atoms with Crippen LogP contribution in [0.1, 0.15) is 15.9 Å². The van der Waals surface area contributed by atoms with E-state index in [1.54, 1.807) is 30.3 Å². The summed E-state index contributed by atoms with van der Waals surface area (Å²) in [7, 11) is 0. The minimum atomic E-state index is -0.284. The maximum absolute atomic E-state index is 12.3. The van der Waals surface area contributed by atoms with Gasteiger partial charge in [-0.05, 0) is 37.3 Å². The van der Waals surface area contributed by atoms with Gasteiger partial charge in [-0.15, -0.1) is 0 Å². The van der Waals surface area contributed by atoms with Crippen molar-refractivity contribution < 1.29 is 4.79 Å². The molecule has 0 fully saturated rings. The molecule has 106 valence electrons. The quantitative estimate of drug-likeness (QED) is 0.540. The third kappa shape index (κ3) is 2.51. The van der Waals surface area contributed by atoms with Gasteiger partial charge in [-0.2, -0.15) is 0 Å². The molecule has 21 heavy (non-hydrogen) atoms. The number of nitrogens with one attached hydrogen (secondary N) is 3. The third-order valence-electron chi connectivity index (χ3n) is 3.23. The molecule has 0 unspecified atom stereocenters. The van der Waals surface area contributed by atoms with E-state index in [1.165, 1.54) is 0 Å². The molecule has 6 heteroatoms. The van der Waals surface area contributed by atoms with E-state index >= 15 is 0 Å². The number of H-pyrrole nitrogens is 2. The number of fused-ring (bicyclic) bond motifs is 1. The van der Waals surface area contributed by atoms with Gasteiger partial charge in [0.25, 0.3) is 5.91 Å². The van der Waals surface area contributed by atoms with E-state index in [1.807, 2.05) is 13.0 Å². The molecule has 0 saturated heterocycles. The highest BCUT2D eigenvalue weighted by Gasteiger charge is 2.10. The Hall–Kier alpha value is -3.02. The van der Waals surface area contributed by atoms with Crippen molar-refractivity contribution in [2.24, 2.45) is 0 Å². The lowest BCUT2D eigenvalue weighted by Crippen LogP contribution is -2.14. The topological polar surface area (TPSA) is 104 Å². The highest BCUT2D eigenvalue weighted by molar-refractivity contribution is 6.08. The molecule has 0 aliphatic carbocycles. The van der Waals surface area contributed by atoms with Crippen molar-refractivity contribution in [3.05, 3.63) is 58.0 Å². The van der Waals surface area contributed by atoms with E-state index < -0.39 is 0 Å². The Labute approximate surface area is 120 Å². The smallest absolute Gasteiger partial charge is 0.323 e. The molecular weight excluding hydrogens is 268 g/mol. The Kier molecular flexibility index (Phi) is 2.98. The fraction of sp³-hybridized carbons (Fsp3) is 0.0667. The average Bonchev–Trinajstić information content (AvgIpc) is 2.80. The summed E-state index contributed by atoms with van der Waals surface area (Å²) in [6.45, 7) is 1.90. The SMILES string of the molecule is Cc1ccc(N)c(C(=O)Nc2ccc3[nH]c(=O)[nH]c3c2)c1. The molecule has 1 amide bonds. The second-order valence-corrected chi connectivity index (χ2v) is 4.88. The van der Waals surface area contributed by atoms with E-state index in [0.717, 1.165) is 5.56 Å².